The highest BCUT2D eigenvalue weighted by molar-refractivity contribution is 5.83. The topological polar surface area (TPSA) is 32.3 Å². The molecule has 3 unspecified atom stereocenters. The fourth-order valence-corrected chi connectivity index (χ4v) is 3.07. The summed E-state index contributed by atoms with van der Waals surface area (Å²) in [5, 5.41) is 3.52. The van der Waals surface area contributed by atoms with Gasteiger partial charge in [-0.25, -0.2) is 0 Å². The molecule has 1 aromatic carbocycles. The van der Waals surface area contributed by atoms with E-state index in [1.54, 1.807) is 0 Å². The van der Waals surface area contributed by atoms with Crippen molar-refractivity contribution in [2.45, 2.75) is 39.2 Å². The average Bonchev–Trinajstić information content (AvgIpc) is 2.49. The maximum absolute atomic E-state index is 12.6. The molecule has 0 aliphatic carbocycles. The Morgan fingerprint density at radius 2 is 2.10 bits per heavy atom. The second-order valence-corrected chi connectivity index (χ2v) is 5.85. The van der Waals surface area contributed by atoms with E-state index in [2.05, 4.69) is 19.2 Å². The van der Waals surface area contributed by atoms with Crippen molar-refractivity contribution in [3.63, 3.8) is 0 Å². The van der Waals surface area contributed by atoms with E-state index in [9.17, 15) is 4.79 Å². The third-order valence-corrected chi connectivity index (χ3v) is 4.35. The number of carbonyl (C=O) groups is 1. The first-order valence-corrected chi connectivity index (χ1v) is 7.70. The van der Waals surface area contributed by atoms with Crippen molar-refractivity contribution in [3.05, 3.63) is 35.9 Å². The van der Waals surface area contributed by atoms with Gasteiger partial charge in [0.1, 0.15) is 0 Å². The number of rotatable bonds is 4. The van der Waals surface area contributed by atoms with E-state index in [0.29, 0.717) is 12.0 Å². The number of hydrogen-bond acceptors (Lipinski definition) is 2. The summed E-state index contributed by atoms with van der Waals surface area (Å²) in [6.07, 6.45) is 1.06. The van der Waals surface area contributed by atoms with Gasteiger partial charge < -0.3 is 10.2 Å². The number of piperidine rings is 1. The maximum atomic E-state index is 12.6. The summed E-state index contributed by atoms with van der Waals surface area (Å²) >= 11 is 0. The van der Waals surface area contributed by atoms with E-state index in [0.717, 1.165) is 31.6 Å². The van der Waals surface area contributed by atoms with E-state index < -0.39 is 0 Å². The van der Waals surface area contributed by atoms with Gasteiger partial charge in [0.2, 0.25) is 5.91 Å². The number of carbonyl (C=O) groups excluding carboxylic acids is 1. The number of hydrogen-bond donors (Lipinski definition) is 1. The fraction of sp³-hybridized carbons (Fsp3) is 0.588. The van der Waals surface area contributed by atoms with Crippen molar-refractivity contribution in [2.24, 2.45) is 5.92 Å². The van der Waals surface area contributed by atoms with Crippen LogP contribution in [-0.4, -0.2) is 36.5 Å². The molecule has 1 heterocycles. The van der Waals surface area contributed by atoms with Crippen LogP contribution >= 0.6 is 0 Å². The van der Waals surface area contributed by atoms with Crippen LogP contribution in [0.25, 0.3) is 0 Å². The van der Waals surface area contributed by atoms with Crippen LogP contribution in [0, 0.1) is 5.92 Å². The van der Waals surface area contributed by atoms with Gasteiger partial charge in [-0.3, -0.25) is 4.79 Å². The highest BCUT2D eigenvalue weighted by Gasteiger charge is 2.30. The molecule has 0 aromatic heterocycles. The predicted octanol–water partition coefficient (Wildman–Crippen LogP) is 2.64. The number of likely N-dealkylation sites (tertiary alicyclic amines) is 1. The molecule has 0 bridgehead atoms. The lowest BCUT2D eigenvalue weighted by molar-refractivity contribution is -0.134. The molecule has 0 saturated carbocycles. The van der Waals surface area contributed by atoms with Gasteiger partial charge in [0.05, 0.1) is 5.92 Å². The summed E-state index contributed by atoms with van der Waals surface area (Å²) < 4.78 is 0. The average molecular weight is 274 g/mol. The summed E-state index contributed by atoms with van der Waals surface area (Å²) in [6, 6.07) is 10.6. The van der Waals surface area contributed by atoms with Crippen molar-refractivity contribution in [3.8, 4) is 0 Å². The van der Waals surface area contributed by atoms with Crippen LogP contribution < -0.4 is 5.32 Å². The minimum atomic E-state index is -0.0425. The molecule has 3 nitrogen and oxygen atoms in total. The van der Waals surface area contributed by atoms with E-state index in [1.165, 1.54) is 0 Å². The molecule has 1 aliphatic heterocycles. The molecule has 1 aliphatic rings. The quantitative estimate of drug-likeness (QED) is 0.915. The molecular weight excluding hydrogens is 248 g/mol. The van der Waals surface area contributed by atoms with Crippen LogP contribution in [0.2, 0.25) is 0 Å². The van der Waals surface area contributed by atoms with Crippen molar-refractivity contribution in [1.29, 1.82) is 0 Å². The Labute approximate surface area is 122 Å². The number of amides is 1. The highest BCUT2D eigenvalue weighted by atomic mass is 16.2. The number of benzene rings is 1. The van der Waals surface area contributed by atoms with Gasteiger partial charge in [0.15, 0.2) is 0 Å². The van der Waals surface area contributed by atoms with Crippen LogP contribution in [0.5, 0.6) is 0 Å². The molecule has 1 fully saturated rings. The molecule has 3 atom stereocenters. The maximum Gasteiger partial charge on any atom is 0.229 e. The zero-order chi connectivity index (χ0) is 14.5. The largest absolute Gasteiger partial charge is 0.342 e. The first kappa shape index (κ1) is 15.0. The summed E-state index contributed by atoms with van der Waals surface area (Å²) in [6.45, 7) is 9.13. The second-order valence-electron chi connectivity index (χ2n) is 5.85. The van der Waals surface area contributed by atoms with Gasteiger partial charge in [0, 0.05) is 19.1 Å². The van der Waals surface area contributed by atoms with E-state index in [-0.39, 0.29) is 11.8 Å². The predicted molar refractivity (Wildman–Crippen MR) is 82.7 cm³/mol. The number of nitrogens with zero attached hydrogens (tertiary/aromatic N) is 1. The van der Waals surface area contributed by atoms with E-state index in [1.807, 2.05) is 42.2 Å². The third-order valence-electron chi connectivity index (χ3n) is 4.35. The molecule has 1 amide bonds. The van der Waals surface area contributed by atoms with Crippen molar-refractivity contribution in [2.75, 3.05) is 19.6 Å². The summed E-state index contributed by atoms with van der Waals surface area (Å²) in [7, 11) is 0. The zero-order valence-corrected chi connectivity index (χ0v) is 12.8. The van der Waals surface area contributed by atoms with Gasteiger partial charge in [-0.2, -0.15) is 0 Å². The first-order valence-electron chi connectivity index (χ1n) is 7.70. The lowest BCUT2D eigenvalue weighted by Gasteiger charge is -2.38. The van der Waals surface area contributed by atoms with Gasteiger partial charge in [-0.15, -0.1) is 0 Å². The van der Waals surface area contributed by atoms with Crippen LogP contribution in [-0.2, 0) is 4.79 Å². The Morgan fingerprint density at radius 3 is 2.70 bits per heavy atom. The Morgan fingerprint density at radius 1 is 1.40 bits per heavy atom. The molecule has 20 heavy (non-hydrogen) atoms. The molecule has 110 valence electrons. The molecule has 0 radical (unpaired) electrons. The number of nitrogens with one attached hydrogen (secondary N) is 1. The highest BCUT2D eigenvalue weighted by Crippen LogP contribution is 2.23. The summed E-state index contributed by atoms with van der Waals surface area (Å²) in [5.41, 5.74) is 1.11. The van der Waals surface area contributed by atoms with E-state index in [4.69, 9.17) is 0 Å². The SMILES string of the molecule is CCNC1CCN(C(=O)C(C)c2ccccc2)CC1C. The Hall–Kier alpha value is -1.35. The van der Waals surface area contributed by atoms with Gasteiger partial charge >= 0.3 is 0 Å². The Kier molecular flexibility index (Phi) is 5.18. The van der Waals surface area contributed by atoms with Crippen LogP contribution in [0.3, 0.4) is 0 Å². The minimum absolute atomic E-state index is 0.0425. The van der Waals surface area contributed by atoms with Crippen molar-refractivity contribution in [1.82, 2.24) is 10.2 Å². The molecular formula is C17H26N2O. The molecule has 2 rings (SSSR count). The molecule has 1 saturated heterocycles. The molecule has 3 heteroatoms. The van der Waals surface area contributed by atoms with Crippen LogP contribution in [0.1, 0.15) is 38.7 Å². The van der Waals surface area contributed by atoms with Crippen LogP contribution in [0.15, 0.2) is 30.3 Å². The van der Waals surface area contributed by atoms with Crippen LogP contribution in [0.4, 0.5) is 0 Å². The van der Waals surface area contributed by atoms with Gasteiger partial charge in [-0.1, -0.05) is 44.2 Å². The molecule has 0 spiro atoms. The van der Waals surface area contributed by atoms with Gasteiger partial charge in [0.25, 0.3) is 0 Å². The van der Waals surface area contributed by atoms with Gasteiger partial charge in [-0.05, 0) is 31.4 Å². The Balaban J connectivity index is 1.97. The smallest absolute Gasteiger partial charge is 0.229 e. The summed E-state index contributed by atoms with van der Waals surface area (Å²) in [4.78, 5) is 14.7. The third kappa shape index (κ3) is 3.40. The monoisotopic (exact) mass is 274 g/mol. The minimum Gasteiger partial charge on any atom is -0.342 e. The van der Waals surface area contributed by atoms with Crippen molar-refractivity contribution < 1.29 is 4.79 Å². The zero-order valence-electron chi connectivity index (χ0n) is 12.8. The fourth-order valence-electron chi connectivity index (χ4n) is 3.07. The van der Waals surface area contributed by atoms with E-state index >= 15 is 0 Å². The lowest BCUT2D eigenvalue weighted by Crippen LogP contribution is -2.50. The second kappa shape index (κ2) is 6.89. The normalized spacial score (nSPS) is 24.4. The first-order chi connectivity index (χ1) is 9.63. The lowest BCUT2D eigenvalue weighted by atomic mass is 9.92. The Bertz CT molecular complexity index is 432. The molecule has 1 N–H and O–H groups in total. The standard InChI is InChI=1S/C17H26N2O/c1-4-18-16-10-11-19(12-13(16)2)17(20)14(3)15-8-6-5-7-9-15/h5-9,13-14,16,18H,4,10-12H2,1-3H3. The summed E-state index contributed by atoms with van der Waals surface area (Å²) in [5.74, 6) is 0.743. The molecule has 1 aromatic rings. The van der Waals surface area contributed by atoms with Crippen molar-refractivity contribution >= 4 is 5.91 Å².